The lowest BCUT2D eigenvalue weighted by atomic mass is 9.98. The maximum absolute atomic E-state index is 13.4. The van der Waals surface area contributed by atoms with Crippen molar-refractivity contribution in [3.05, 3.63) is 57.6 Å². The lowest BCUT2D eigenvalue weighted by molar-refractivity contribution is 0.102. The molecule has 0 bridgehead atoms. The fourth-order valence-electron chi connectivity index (χ4n) is 4.81. The van der Waals surface area contributed by atoms with Crippen LogP contribution in [0.5, 0.6) is 5.75 Å². The number of hydrogen-bond acceptors (Lipinski definition) is 2. The van der Waals surface area contributed by atoms with Crippen molar-refractivity contribution in [2.24, 2.45) is 0 Å². The van der Waals surface area contributed by atoms with Gasteiger partial charge in [-0.05, 0) is 61.6 Å². The minimum Gasteiger partial charge on any atom is -0.493 e. The van der Waals surface area contributed by atoms with Gasteiger partial charge in [-0.1, -0.05) is 119 Å². The van der Waals surface area contributed by atoms with Crippen LogP contribution in [-0.4, -0.2) is 12.5 Å². The molecule has 3 nitrogen and oxygen atoms in total. The lowest BCUT2D eigenvalue weighted by Gasteiger charge is -2.16. The molecular formula is C32H48BrNO2. The number of aryl methyl sites for hydroxylation is 2. The van der Waals surface area contributed by atoms with Crippen molar-refractivity contribution >= 4 is 27.5 Å². The summed E-state index contributed by atoms with van der Waals surface area (Å²) in [5.41, 5.74) is 3.74. The molecule has 0 radical (unpaired) electrons. The topological polar surface area (TPSA) is 38.3 Å². The van der Waals surface area contributed by atoms with Gasteiger partial charge in [0.1, 0.15) is 5.75 Å². The molecule has 0 atom stereocenters. The molecule has 36 heavy (non-hydrogen) atoms. The maximum atomic E-state index is 13.4. The third kappa shape index (κ3) is 11.1. The number of rotatable bonds is 19. The van der Waals surface area contributed by atoms with Gasteiger partial charge in [0.2, 0.25) is 0 Å². The first-order valence-electron chi connectivity index (χ1n) is 14.4. The molecule has 0 aliphatic carbocycles. The van der Waals surface area contributed by atoms with E-state index in [1.165, 1.54) is 77.0 Å². The second-order valence-electron chi connectivity index (χ2n) is 9.83. The molecule has 2 aromatic carbocycles. The monoisotopic (exact) mass is 557 g/mol. The van der Waals surface area contributed by atoms with Crippen LogP contribution in [0.4, 0.5) is 5.69 Å². The molecule has 0 fully saturated rings. The van der Waals surface area contributed by atoms with Gasteiger partial charge in [0.15, 0.2) is 0 Å². The normalized spacial score (nSPS) is 11.0. The first-order chi connectivity index (χ1) is 17.6. The van der Waals surface area contributed by atoms with E-state index in [0.717, 1.165) is 40.5 Å². The highest BCUT2D eigenvalue weighted by molar-refractivity contribution is 9.10. The first-order valence-corrected chi connectivity index (χ1v) is 15.2. The average molecular weight is 559 g/mol. The van der Waals surface area contributed by atoms with E-state index in [9.17, 15) is 4.79 Å². The highest BCUT2D eigenvalue weighted by atomic mass is 79.9. The van der Waals surface area contributed by atoms with E-state index in [1.807, 2.05) is 31.2 Å². The number of carbonyl (C=O) groups is 1. The molecule has 1 N–H and O–H groups in total. The van der Waals surface area contributed by atoms with Gasteiger partial charge < -0.3 is 10.1 Å². The van der Waals surface area contributed by atoms with E-state index in [-0.39, 0.29) is 5.91 Å². The fraction of sp³-hybridized carbons (Fsp3) is 0.594. The summed E-state index contributed by atoms with van der Waals surface area (Å²) in [6.07, 6.45) is 19.2. The Morgan fingerprint density at radius 2 is 1.39 bits per heavy atom. The molecule has 2 rings (SSSR count). The number of amides is 1. The third-order valence-electron chi connectivity index (χ3n) is 6.89. The Hall–Kier alpha value is -1.81. The molecule has 2 aromatic rings. The zero-order chi connectivity index (χ0) is 26.0. The van der Waals surface area contributed by atoms with Gasteiger partial charge in [-0.2, -0.15) is 0 Å². The van der Waals surface area contributed by atoms with Gasteiger partial charge in [0.05, 0.1) is 12.2 Å². The number of halogens is 1. The van der Waals surface area contributed by atoms with Crippen molar-refractivity contribution in [3.63, 3.8) is 0 Å². The van der Waals surface area contributed by atoms with Crippen LogP contribution in [0.25, 0.3) is 0 Å². The minimum atomic E-state index is -0.0826. The zero-order valence-electron chi connectivity index (χ0n) is 23.0. The lowest BCUT2D eigenvalue weighted by Crippen LogP contribution is -2.17. The molecule has 0 spiro atoms. The Morgan fingerprint density at radius 1 is 0.778 bits per heavy atom. The van der Waals surface area contributed by atoms with E-state index in [1.54, 1.807) is 0 Å². The zero-order valence-corrected chi connectivity index (χ0v) is 24.6. The first kappa shape index (κ1) is 30.4. The number of benzene rings is 2. The molecule has 0 aromatic heterocycles. The van der Waals surface area contributed by atoms with E-state index >= 15 is 0 Å². The summed E-state index contributed by atoms with van der Waals surface area (Å²) in [4.78, 5) is 13.4. The smallest absolute Gasteiger partial charge is 0.259 e. The molecule has 0 saturated carbocycles. The van der Waals surface area contributed by atoms with Gasteiger partial charge in [-0.25, -0.2) is 0 Å². The summed E-state index contributed by atoms with van der Waals surface area (Å²) in [6.45, 7) is 6.89. The molecule has 0 aliphatic heterocycles. The van der Waals surface area contributed by atoms with Crippen LogP contribution >= 0.6 is 15.9 Å². The highest BCUT2D eigenvalue weighted by Crippen LogP contribution is 2.28. The summed E-state index contributed by atoms with van der Waals surface area (Å²) in [6, 6.07) is 12.0. The second-order valence-corrected chi connectivity index (χ2v) is 10.7. The Bertz CT molecular complexity index is 896. The van der Waals surface area contributed by atoms with E-state index in [4.69, 9.17) is 4.74 Å². The Kier molecular flexibility index (Phi) is 15.6. The molecule has 0 saturated heterocycles. The van der Waals surface area contributed by atoms with Crippen molar-refractivity contribution in [2.45, 2.75) is 117 Å². The number of ether oxygens (including phenoxy) is 1. The van der Waals surface area contributed by atoms with Crippen LogP contribution in [0.3, 0.4) is 0 Å². The Balaban J connectivity index is 1.82. The third-order valence-corrected chi connectivity index (χ3v) is 7.38. The van der Waals surface area contributed by atoms with Crippen LogP contribution in [0.15, 0.2) is 40.9 Å². The van der Waals surface area contributed by atoms with E-state index < -0.39 is 0 Å². The van der Waals surface area contributed by atoms with Crippen LogP contribution in [0, 0.1) is 0 Å². The number of unbranched alkanes of at least 4 members (excludes halogenated alkanes) is 12. The van der Waals surface area contributed by atoms with Crippen LogP contribution in [0.1, 0.15) is 126 Å². The molecular weight excluding hydrogens is 510 g/mol. The van der Waals surface area contributed by atoms with Gasteiger partial charge in [-0.15, -0.1) is 0 Å². The number of anilines is 1. The summed E-state index contributed by atoms with van der Waals surface area (Å²) >= 11 is 3.53. The van der Waals surface area contributed by atoms with E-state index in [0.29, 0.717) is 17.9 Å². The summed E-state index contributed by atoms with van der Waals surface area (Å²) in [7, 11) is 0. The fourth-order valence-corrected chi connectivity index (χ4v) is 5.22. The Labute approximate surface area is 228 Å². The number of carbonyl (C=O) groups excluding carboxylic acids is 1. The maximum Gasteiger partial charge on any atom is 0.259 e. The average Bonchev–Trinajstić information content (AvgIpc) is 2.88. The van der Waals surface area contributed by atoms with Gasteiger partial charge in [-0.3, -0.25) is 4.79 Å². The quantitative estimate of drug-likeness (QED) is 0.174. The molecule has 0 aliphatic rings. The van der Waals surface area contributed by atoms with Crippen LogP contribution < -0.4 is 10.1 Å². The van der Waals surface area contributed by atoms with E-state index in [2.05, 4.69) is 47.2 Å². The molecule has 4 heteroatoms. The molecule has 1 amide bonds. The van der Waals surface area contributed by atoms with Crippen LogP contribution in [0.2, 0.25) is 0 Å². The molecule has 0 unspecified atom stereocenters. The van der Waals surface area contributed by atoms with Gasteiger partial charge in [0.25, 0.3) is 5.91 Å². The molecule has 200 valence electrons. The number of hydrogen-bond donors (Lipinski definition) is 1. The van der Waals surface area contributed by atoms with Crippen molar-refractivity contribution in [1.29, 1.82) is 0 Å². The van der Waals surface area contributed by atoms with Crippen molar-refractivity contribution < 1.29 is 9.53 Å². The van der Waals surface area contributed by atoms with Crippen LogP contribution in [-0.2, 0) is 12.8 Å². The minimum absolute atomic E-state index is 0.0826. The largest absolute Gasteiger partial charge is 0.493 e. The SMILES string of the molecule is CCCCCCCCCCCCCCCc1cccc(OCC)c1C(=O)Nc1ccc(Br)cc1CC. The standard InChI is InChI=1S/C32H48BrNO2/c1-4-7-8-9-10-11-12-13-14-15-16-17-18-20-27-21-19-22-30(36-6-3)31(27)32(35)34-29-24-23-28(33)25-26(29)5-2/h19,21-25H,4-18,20H2,1-3H3,(H,34,35). The van der Waals surface area contributed by atoms with Crippen molar-refractivity contribution in [2.75, 3.05) is 11.9 Å². The molecule has 0 heterocycles. The van der Waals surface area contributed by atoms with Gasteiger partial charge >= 0.3 is 0 Å². The summed E-state index contributed by atoms with van der Waals surface area (Å²) < 4.78 is 6.89. The summed E-state index contributed by atoms with van der Waals surface area (Å²) in [5.74, 6) is 0.595. The predicted octanol–water partition coefficient (Wildman–Crippen LogP) is 10.3. The predicted molar refractivity (Wildman–Crippen MR) is 158 cm³/mol. The van der Waals surface area contributed by atoms with Gasteiger partial charge in [0, 0.05) is 10.2 Å². The second kappa shape index (κ2) is 18.4. The number of nitrogens with one attached hydrogen (secondary N) is 1. The summed E-state index contributed by atoms with van der Waals surface area (Å²) in [5, 5.41) is 3.15. The van der Waals surface area contributed by atoms with Crippen molar-refractivity contribution in [1.82, 2.24) is 0 Å². The Morgan fingerprint density at radius 3 is 1.97 bits per heavy atom. The van der Waals surface area contributed by atoms with Crippen molar-refractivity contribution in [3.8, 4) is 5.75 Å². The highest BCUT2D eigenvalue weighted by Gasteiger charge is 2.18.